The fourth-order valence-corrected chi connectivity index (χ4v) is 5.60. The maximum absolute atomic E-state index is 13.3. The van der Waals surface area contributed by atoms with Crippen LogP contribution >= 0.6 is 0 Å². The Morgan fingerprint density at radius 2 is 1.77 bits per heavy atom. The van der Waals surface area contributed by atoms with Crippen LogP contribution in [0.4, 0.5) is 4.39 Å². The molecule has 2 unspecified atom stereocenters. The number of nitrogens with one attached hydrogen (secondary N) is 1. The number of aryl methyl sites for hydroxylation is 2. The summed E-state index contributed by atoms with van der Waals surface area (Å²) in [5.41, 5.74) is 6.35. The Labute approximate surface area is 230 Å². The second kappa shape index (κ2) is 12.7. The highest BCUT2D eigenvalue weighted by atomic mass is 19.1. The fourth-order valence-electron chi connectivity index (χ4n) is 5.60. The van der Waals surface area contributed by atoms with Crippen LogP contribution < -0.4 is 10.9 Å². The van der Waals surface area contributed by atoms with Gasteiger partial charge in [0.05, 0.1) is 6.42 Å². The Morgan fingerprint density at radius 1 is 1.08 bits per heavy atom. The van der Waals surface area contributed by atoms with Gasteiger partial charge >= 0.3 is 5.97 Å². The van der Waals surface area contributed by atoms with Gasteiger partial charge in [-0.05, 0) is 65.6 Å². The molecule has 0 amide bonds. The van der Waals surface area contributed by atoms with E-state index in [1.807, 2.05) is 35.4 Å². The molecule has 4 rings (SSSR count). The Kier molecular flexibility index (Phi) is 9.36. The summed E-state index contributed by atoms with van der Waals surface area (Å²) >= 11 is 0. The molecule has 2 heterocycles. The summed E-state index contributed by atoms with van der Waals surface area (Å²) in [6.45, 7) is 10.3. The van der Waals surface area contributed by atoms with Crippen molar-refractivity contribution in [3.05, 3.63) is 93.4 Å². The monoisotopic (exact) mass is 533 g/mol. The minimum Gasteiger partial charge on any atom is -0.481 e. The third kappa shape index (κ3) is 7.43. The zero-order valence-corrected chi connectivity index (χ0v) is 23.4. The van der Waals surface area contributed by atoms with Crippen molar-refractivity contribution < 1.29 is 14.3 Å². The summed E-state index contributed by atoms with van der Waals surface area (Å²) in [4.78, 5) is 26.8. The second-order valence-electron chi connectivity index (χ2n) is 11.3. The molecule has 2 N–H and O–H groups in total. The normalized spacial score (nSPS) is 15.7. The molecule has 1 aliphatic rings. The number of aromatic nitrogens is 1. The number of carbonyl (C=O) groups is 1. The molecule has 39 heavy (non-hydrogen) atoms. The number of carboxylic acids is 1. The molecule has 2 aromatic carbocycles. The van der Waals surface area contributed by atoms with Gasteiger partial charge in [-0.2, -0.15) is 0 Å². The Morgan fingerprint density at radius 3 is 2.41 bits per heavy atom. The lowest BCUT2D eigenvalue weighted by Gasteiger charge is -2.34. The lowest BCUT2D eigenvalue weighted by Crippen LogP contribution is -2.47. The number of benzene rings is 2. The third-order valence-electron chi connectivity index (χ3n) is 7.49. The highest BCUT2D eigenvalue weighted by Crippen LogP contribution is 2.30. The number of carboxylic acid groups (broad SMARTS) is 1. The quantitative estimate of drug-likeness (QED) is 0.313. The summed E-state index contributed by atoms with van der Waals surface area (Å²) in [5, 5.41) is 13.2. The molecule has 0 radical (unpaired) electrons. The number of halogens is 1. The number of pyridine rings is 1. The summed E-state index contributed by atoms with van der Waals surface area (Å²) in [5.74, 6) is -0.550. The van der Waals surface area contributed by atoms with Crippen molar-refractivity contribution in [2.75, 3.05) is 19.6 Å². The van der Waals surface area contributed by atoms with E-state index in [0.717, 1.165) is 28.7 Å². The molecule has 3 aromatic rings. The molecule has 1 aromatic heterocycles. The molecule has 1 aliphatic heterocycles. The van der Waals surface area contributed by atoms with E-state index in [1.165, 1.54) is 11.1 Å². The van der Waals surface area contributed by atoms with E-state index in [-0.39, 0.29) is 18.0 Å². The van der Waals surface area contributed by atoms with Gasteiger partial charge in [0, 0.05) is 50.5 Å². The number of aliphatic carboxylic acids is 1. The van der Waals surface area contributed by atoms with Crippen LogP contribution in [-0.2, 0) is 11.3 Å². The zero-order chi connectivity index (χ0) is 28.1. The Balaban J connectivity index is 1.59. The van der Waals surface area contributed by atoms with Gasteiger partial charge in [0.2, 0.25) is 0 Å². The Bertz CT molecular complexity index is 1330. The lowest BCUT2D eigenvalue weighted by atomic mass is 9.92. The lowest BCUT2D eigenvalue weighted by molar-refractivity contribution is -0.137. The van der Waals surface area contributed by atoms with Gasteiger partial charge in [-0.15, -0.1) is 0 Å². The van der Waals surface area contributed by atoms with Gasteiger partial charge in [0.1, 0.15) is 6.17 Å². The van der Waals surface area contributed by atoms with Crippen LogP contribution in [0.15, 0.2) is 65.6 Å². The second-order valence-corrected chi connectivity index (χ2v) is 11.3. The van der Waals surface area contributed by atoms with Crippen molar-refractivity contribution in [1.82, 2.24) is 14.8 Å². The van der Waals surface area contributed by atoms with Crippen LogP contribution in [0.2, 0.25) is 0 Å². The van der Waals surface area contributed by atoms with Crippen LogP contribution in [0, 0.1) is 19.8 Å². The van der Waals surface area contributed by atoms with Crippen molar-refractivity contribution in [3.63, 3.8) is 0 Å². The van der Waals surface area contributed by atoms with Crippen molar-refractivity contribution in [2.45, 2.75) is 65.3 Å². The first-order valence-electron chi connectivity index (χ1n) is 13.8. The largest absolute Gasteiger partial charge is 0.481 e. The first kappa shape index (κ1) is 28.7. The van der Waals surface area contributed by atoms with E-state index < -0.39 is 18.2 Å². The predicted octanol–water partition coefficient (Wildman–Crippen LogP) is 5.68. The van der Waals surface area contributed by atoms with Gasteiger partial charge in [0.15, 0.2) is 0 Å². The summed E-state index contributed by atoms with van der Waals surface area (Å²) in [6.07, 6.45) is 1.80. The fraction of sp³-hybridized carbons (Fsp3) is 0.438. The van der Waals surface area contributed by atoms with Crippen LogP contribution in [0.25, 0.3) is 11.1 Å². The summed E-state index contributed by atoms with van der Waals surface area (Å²) in [7, 11) is 0. The van der Waals surface area contributed by atoms with Crippen molar-refractivity contribution in [3.8, 4) is 11.1 Å². The van der Waals surface area contributed by atoms with E-state index in [4.69, 9.17) is 0 Å². The maximum atomic E-state index is 13.3. The first-order valence-corrected chi connectivity index (χ1v) is 13.8. The average molecular weight is 534 g/mol. The molecule has 7 heteroatoms. The standard InChI is InChI=1S/C32H40FN3O3/c1-21(2)13-28(36-18-24(11-12-30(36)37)17-35-19-27(33)20-35)16-34-29(15-31(38)39)25-9-6-10-26(14-25)32-22(3)7-5-8-23(32)4/h5-12,14,18,21,27-29,34H,13,15-17,19-20H2,1-4H3,(H,38,39). The molecule has 2 atom stereocenters. The van der Waals surface area contributed by atoms with Crippen molar-refractivity contribution >= 4 is 5.97 Å². The van der Waals surface area contributed by atoms with Crippen molar-refractivity contribution in [1.29, 1.82) is 0 Å². The third-order valence-corrected chi connectivity index (χ3v) is 7.49. The Hall–Kier alpha value is -3.29. The van der Waals surface area contributed by atoms with E-state index in [1.54, 1.807) is 10.6 Å². The van der Waals surface area contributed by atoms with Gasteiger partial charge in [0.25, 0.3) is 5.56 Å². The van der Waals surface area contributed by atoms with Gasteiger partial charge in [-0.25, -0.2) is 4.39 Å². The van der Waals surface area contributed by atoms with E-state index in [9.17, 15) is 19.1 Å². The number of likely N-dealkylation sites (tertiary alicyclic amines) is 1. The molecule has 0 aliphatic carbocycles. The summed E-state index contributed by atoms with van der Waals surface area (Å²) in [6, 6.07) is 17.1. The van der Waals surface area contributed by atoms with Crippen LogP contribution in [-0.4, -0.2) is 46.3 Å². The summed E-state index contributed by atoms with van der Waals surface area (Å²) < 4.78 is 15.1. The van der Waals surface area contributed by atoms with Crippen LogP contribution in [0.3, 0.4) is 0 Å². The number of alkyl halides is 1. The van der Waals surface area contributed by atoms with Gasteiger partial charge in [-0.3, -0.25) is 14.5 Å². The van der Waals surface area contributed by atoms with Gasteiger partial charge < -0.3 is 15.0 Å². The highest BCUT2D eigenvalue weighted by Gasteiger charge is 2.26. The van der Waals surface area contributed by atoms with Crippen molar-refractivity contribution in [2.24, 2.45) is 5.92 Å². The van der Waals surface area contributed by atoms with E-state index >= 15 is 0 Å². The topological polar surface area (TPSA) is 74.6 Å². The van der Waals surface area contributed by atoms with Crippen LogP contribution in [0.5, 0.6) is 0 Å². The first-order chi connectivity index (χ1) is 18.6. The van der Waals surface area contributed by atoms with E-state index in [2.05, 4.69) is 57.3 Å². The molecule has 0 bridgehead atoms. The molecule has 0 saturated carbocycles. The number of hydrogen-bond donors (Lipinski definition) is 2. The smallest absolute Gasteiger partial charge is 0.305 e. The molecule has 208 valence electrons. The maximum Gasteiger partial charge on any atom is 0.305 e. The molecular formula is C32H40FN3O3. The SMILES string of the molecule is Cc1cccc(C)c1-c1cccc(C(CC(=O)O)NCC(CC(C)C)n2cc(CN3CC(F)C3)ccc2=O)c1. The van der Waals surface area contributed by atoms with Gasteiger partial charge in [-0.1, -0.05) is 56.3 Å². The molecule has 1 fully saturated rings. The number of rotatable bonds is 12. The number of nitrogens with zero attached hydrogens (tertiary/aromatic N) is 2. The molecule has 1 saturated heterocycles. The average Bonchev–Trinajstić information content (AvgIpc) is 2.85. The number of hydrogen-bond acceptors (Lipinski definition) is 4. The zero-order valence-electron chi connectivity index (χ0n) is 23.4. The molecule has 6 nitrogen and oxygen atoms in total. The van der Waals surface area contributed by atoms with Crippen LogP contribution in [0.1, 0.15) is 61.0 Å². The minimum atomic E-state index is -0.884. The van der Waals surface area contributed by atoms with E-state index in [0.29, 0.717) is 32.1 Å². The molecular weight excluding hydrogens is 493 g/mol. The molecule has 0 spiro atoms. The predicted molar refractivity (Wildman–Crippen MR) is 154 cm³/mol. The minimum absolute atomic E-state index is 0.0705. The highest BCUT2D eigenvalue weighted by molar-refractivity contribution is 5.72.